The number of nitrogens with zero attached hydrogens (tertiary/aromatic N) is 1. The van der Waals surface area contributed by atoms with E-state index in [0.29, 0.717) is 6.54 Å². The third kappa shape index (κ3) is 2.31. The molecule has 3 rings (SSSR count). The van der Waals surface area contributed by atoms with Crippen LogP contribution in [0.4, 0.5) is 5.69 Å². The van der Waals surface area contributed by atoms with Gasteiger partial charge >= 0.3 is 0 Å². The molecular formula is C16H18N2OS. The maximum Gasteiger partial charge on any atom is 0.264 e. The summed E-state index contributed by atoms with van der Waals surface area (Å²) in [7, 11) is 0. The summed E-state index contributed by atoms with van der Waals surface area (Å²) in [5.74, 6) is 0.138. The highest BCUT2D eigenvalue weighted by atomic mass is 32.1. The number of benzene rings is 1. The van der Waals surface area contributed by atoms with Crippen molar-refractivity contribution in [3.8, 4) is 0 Å². The zero-order valence-corrected chi connectivity index (χ0v) is 12.6. The van der Waals surface area contributed by atoms with Gasteiger partial charge in [-0.15, -0.1) is 11.3 Å². The standard InChI is InChI=1S/C16H18N2OS/c1-10-7-15(20-11(10)2)16(19)18-6-5-12-3-4-14(17)8-13(12)9-18/h3-4,7-8H,5-6,9,17H2,1-2H3. The van der Waals surface area contributed by atoms with Crippen molar-refractivity contribution in [2.45, 2.75) is 26.8 Å². The Kier molecular flexibility index (Phi) is 3.26. The molecule has 1 aliphatic heterocycles. The van der Waals surface area contributed by atoms with E-state index in [0.717, 1.165) is 23.5 Å². The monoisotopic (exact) mass is 286 g/mol. The van der Waals surface area contributed by atoms with Gasteiger partial charge in [0.2, 0.25) is 0 Å². The van der Waals surface area contributed by atoms with E-state index >= 15 is 0 Å². The van der Waals surface area contributed by atoms with Crippen LogP contribution in [-0.2, 0) is 13.0 Å². The first-order chi connectivity index (χ1) is 9.54. The molecule has 0 saturated heterocycles. The number of aryl methyl sites for hydroxylation is 2. The number of carbonyl (C=O) groups excluding carboxylic acids is 1. The lowest BCUT2D eigenvalue weighted by molar-refractivity contribution is 0.0739. The van der Waals surface area contributed by atoms with Crippen molar-refractivity contribution in [2.75, 3.05) is 12.3 Å². The summed E-state index contributed by atoms with van der Waals surface area (Å²) < 4.78 is 0. The molecule has 1 amide bonds. The maximum absolute atomic E-state index is 12.6. The fourth-order valence-electron chi connectivity index (χ4n) is 2.58. The molecular weight excluding hydrogens is 268 g/mol. The molecule has 0 bridgehead atoms. The number of amides is 1. The van der Waals surface area contributed by atoms with E-state index in [4.69, 9.17) is 5.73 Å². The molecule has 0 aliphatic carbocycles. The molecule has 0 unspecified atom stereocenters. The second-order valence-electron chi connectivity index (χ2n) is 5.35. The average Bonchev–Trinajstić information content (AvgIpc) is 2.77. The second kappa shape index (κ2) is 4.94. The molecule has 0 fully saturated rings. The van der Waals surface area contributed by atoms with Gasteiger partial charge in [0.1, 0.15) is 0 Å². The van der Waals surface area contributed by atoms with Gasteiger partial charge < -0.3 is 10.6 Å². The van der Waals surface area contributed by atoms with Crippen LogP contribution in [0.25, 0.3) is 0 Å². The SMILES string of the molecule is Cc1cc(C(=O)N2CCc3ccc(N)cc3C2)sc1C. The zero-order chi connectivity index (χ0) is 14.3. The third-order valence-corrected chi connectivity index (χ3v) is 5.05. The number of thiophene rings is 1. The van der Waals surface area contributed by atoms with Gasteiger partial charge in [-0.25, -0.2) is 0 Å². The fraction of sp³-hybridized carbons (Fsp3) is 0.312. The predicted molar refractivity (Wildman–Crippen MR) is 83.1 cm³/mol. The number of hydrogen-bond acceptors (Lipinski definition) is 3. The van der Waals surface area contributed by atoms with Crippen molar-refractivity contribution < 1.29 is 4.79 Å². The molecule has 1 aliphatic rings. The smallest absolute Gasteiger partial charge is 0.264 e. The van der Waals surface area contributed by atoms with Gasteiger partial charge in [-0.1, -0.05) is 6.07 Å². The van der Waals surface area contributed by atoms with Crippen LogP contribution >= 0.6 is 11.3 Å². The van der Waals surface area contributed by atoms with Crippen LogP contribution in [0.5, 0.6) is 0 Å². The van der Waals surface area contributed by atoms with Crippen LogP contribution in [0.15, 0.2) is 24.3 Å². The largest absolute Gasteiger partial charge is 0.399 e. The Morgan fingerprint density at radius 2 is 2.05 bits per heavy atom. The Hall–Kier alpha value is -1.81. The Morgan fingerprint density at radius 1 is 1.25 bits per heavy atom. The number of nitrogen functional groups attached to an aromatic ring is 1. The van der Waals surface area contributed by atoms with Crippen LogP contribution in [0.1, 0.15) is 31.2 Å². The maximum atomic E-state index is 12.6. The number of rotatable bonds is 1. The average molecular weight is 286 g/mol. The van der Waals surface area contributed by atoms with E-state index < -0.39 is 0 Å². The summed E-state index contributed by atoms with van der Waals surface area (Å²) in [5.41, 5.74) is 10.3. The van der Waals surface area contributed by atoms with Gasteiger partial charge in [-0.05, 0) is 55.2 Å². The number of fused-ring (bicyclic) bond motifs is 1. The van der Waals surface area contributed by atoms with E-state index in [2.05, 4.69) is 19.9 Å². The van der Waals surface area contributed by atoms with Gasteiger partial charge in [0, 0.05) is 23.7 Å². The van der Waals surface area contributed by atoms with Crippen LogP contribution in [0.3, 0.4) is 0 Å². The van der Waals surface area contributed by atoms with Crippen molar-refractivity contribution in [2.24, 2.45) is 0 Å². The third-order valence-electron chi connectivity index (χ3n) is 3.91. The summed E-state index contributed by atoms with van der Waals surface area (Å²) in [6.45, 7) is 5.55. The van der Waals surface area contributed by atoms with E-state index in [-0.39, 0.29) is 5.91 Å². The summed E-state index contributed by atoms with van der Waals surface area (Å²) in [6, 6.07) is 7.99. The Balaban J connectivity index is 1.84. The van der Waals surface area contributed by atoms with Gasteiger partial charge in [0.25, 0.3) is 5.91 Å². The summed E-state index contributed by atoms with van der Waals surface area (Å²) in [4.78, 5) is 16.5. The minimum absolute atomic E-state index is 0.138. The summed E-state index contributed by atoms with van der Waals surface area (Å²) in [6.07, 6.45) is 0.907. The van der Waals surface area contributed by atoms with Crippen molar-refractivity contribution in [1.82, 2.24) is 4.90 Å². The predicted octanol–water partition coefficient (Wildman–Crippen LogP) is 3.15. The van der Waals surface area contributed by atoms with Crippen LogP contribution in [0, 0.1) is 13.8 Å². The topological polar surface area (TPSA) is 46.3 Å². The molecule has 2 heterocycles. The van der Waals surface area contributed by atoms with Gasteiger partial charge in [0.05, 0.1) is 4.88 Å². The van der Waals surface area contributed by atoms with Gasteiger partial charge in [-0.3, -0.25) is 4.79 Å². The summed E-state index contributed by atoms with van der Waals surface area (Å²) >= 11 is 1.58. The van der Waals surface area contributed by atoms with Gasteiger partial charge in [-0.2, -0.15) is 0 Å². The fourth-order valence-corrected chi connectivity index (χ4v) is 3.59. The number of nitrogens with two attached hydrogens (primary N) is 1. The van der Waals surface area contributed by atoms with Crippen LogP contribution < -0.4 is 5.73 Å². The van der Waals surface area contributed by atoms with Crippen molar-refractivity contribution in [3.63, 3.8) is 0 Å². The Bertz CT molecular complexity index is 656. The molecule has 1 aromatic carbocycles. The first kappa shape index (κ1) is 13.2. The Morgan fingerprint density at radius 3 is 2.75 bits per heavy atom. The van der Waals surface area contributed by atoms with Gasteiger partial charge in [0.15, 0.2) is 0 Å². The molecule has 2 aromatic rings. The minimum Gasteiger partial charge on any atom is -0.399 e. The molecule has 104 valence electrons. The number of carbonyl (C=O) groups is 1. The highest BCUT2D eigenvalue weighted by molar-refractivity contribution is 7.14. The van der Waals surface area contributed by atoms with Crippen molar-refractivity contribution in [3.05, 3.63) is 50.7 Å². The number of hydrogen-bond donors (Lipinski definition) is 1. The normalized spacial score (nSPS) is 14.2. The highest BCUT2D eigenvalue weighted by Crippen LogP contribution is 2.26. The first-order valence-corrected chi connectivity index (χ1v) is 7.60. The molecule has 2 N–H and O–H groups in total. The molecule has 0 spiro atoms. The molecule has 3 nitrogen and oxygen atoms in total. The second-order valence-corrected chi connectivity index (χ2v) is 6.61. The van der Waals surface area contributed by atoms with Crippen molar-refractivity contribution >= 4 is 22.9 Å². The quantitative estimate of drug-likeness (QED) is 0.819. The molecule has 0 radical (unpaired) electrons. The molecule has 20 heavy (non-hydrogen) atoms. The summed E-state index contributed by atoms with van der Waals surface area (Å²) in [5, 5.41) is 0. The molecule has 0 saturated carbocycles. The highest BCUT2D eigenvalue weighted by Gasteiger charge is 2.23. The number of anilines is 1. The Labute approximate surface area is 123 Å². The van der Waals surface area contributed by atoms with E-state index in [1.165, 1.54) is 21.6 Å². The molecule has 0 atom stereocenters. The zero-order valence-electron chi connectivity index (χ0n) is 11.8. The molecule has 1 aromatic heterocycles. The lowest BCUT2D eigenvalue weighted by Crippen LogP contribution is -2.35. The minimum atomic E-state index is 0.138. The van der Waals surface area contributed by atoms with Crippen LogP contribution in [0.2, 0.25) is 0 Å². The van der Waals surface area contributed by atoms with E-state index in [1.807, 2.05) is 23.1 Å². The lowest BCUT2D eigenvalue weighted by Gasteiger charge is -2.28. The van der Waals surface area contributed by atoms with E-state index in [1.54, 1.807) is 11.3 Å². The van der Waals surface area contributed by atoms with E-state index in [9.17, 15) is 4.79 Å². The van der Waals surface area contributed by atoms with Crippen LogP contribution in [-0.4, -0.2) is 17.4 Å². The van der Waals surface area contributed by atoms with Crippen molar-refractivity contribution in [1.29, 1.82) is 0 Å². The first-order valence-electron chi connectivity index (χ1n) is 6.78. The molecule has 4 heteroatoms. The lowest BCUT2D eigenvalue weighted by atomic mass is 9.99.